The van der Waals surface area contributed by atoms with Crippen molar-refractivity contribution in [1.82, 2.24) is 0 Å². The molecular weight excluding hydrogens is 254 g/mol. The van der Waals surface area contributed by atoms with Gasteiger partial charge in [0.05, 0.1) is 11.8 Å². The van der Waals surface area contributed by atoms with Gasteiger partial charge in [-0.15, -0.1) is 0 Å². The fourth-order valence-electron chi connectivity index (χ4n) is 1.82. The van der Waals surface area contributed by atoms with Gasteiger partial charge >= 0.3 is 0 Å². The fourth-order valence-corrected chi connectivity index (χ4v) is 1.82. The summed E-state index contributed by atoms with van der Waals surface area (Å²) in [6.45, 7) is 1.84. The number of aryl methyl sites for hydroxylation is 1. The van der Waals surface area contributed by atoms with Gasteiger partial charge in [0.1, 0.15) is 12.9 Å². The van der Waals surface area contributed by atoms with Crippen LogP contribution in [-0.4, -0.2) is 17.6 Å². The Labute approximate surface area is 117 Å². The Morgan fingerprint density at radius 3 is 2.90 bits per heavy atom. The average molecular weight is 269 g/mol. The van der Waals surface area contributed by atoms with Crippen LogP contribution in [0.4, 0.5) is 5.69 Å². The van der Waals surface area contributed by atoms with E-state index in [1.807, 2.05) is 25.1 Å². The summed E-state index contributed by atoms with van der Waals surface area (Å²) in [7, 11) is 0. The maximum absolute atomic E-state index is 12.0. The van der Waals surface area contributed by atoms with Crippen LogP contribution in [0.1, 0.15) is 28.4 Å². The lowest BCUT2D eigenvalue weighted by Crippen LogP contribution is -2.12. The number of furan rings is 1. The van der Waals surface area contributed by atoms with Gasteiger partial charge in [-0.1, -0.05) is 18.8 Å². The number of anilines is 1. The molecule has 2 rings (SSSR count). The van der Waals surface area contributed by atoms with Crippen molar-refractivity contribution >= 4 is 11.6 Å². The van der Waals surface area contributed by atoms with Crippen LogP contribution in [0.5, 0.6) is 0 Å². The summed E-state index contributed by atoms with van der Waals surface area (Å²) in [5.74, 6) is 5.25. The molecule has 0 aliphatic carbocycles. The summed E-state index contributed by atoms with van der Waals surface area (Å²) in [4.78, 5) is 12.0. The van der Waals surface area contributed by atoms with E-state index in [0.717, 1.165) is 23.2 Å². The predicted molar refractivity (Wildman–Crippen MR) is 76.4 cm³/mol. The van der Waals surface area contributed by atoms with Gasteiger partial charge < -0.3 is 14.8 Å². The largest absolute Gasteiger partial charge is 0.472 e. The molecule has 1 heterocycles. The molecule has 4 nitrogen and oxygen atoms in total. The minimum atomic E-state index is -0.206. The highest BCUT2D eigenvalue weighted by molar-refractivity contribution is 6.04. The number of nitrogens with one attached hydrogen (secondary N) is 1. The van der Waals surface area contributed by atoms with Gasteiger partial charge in [0.15, 0.2) is 0 Å². The van der Waals surface area contributed by atoms with Crippen LogP contribution in [0.25, 0.3) is 0 Å². The van der Waals surface area contributed by atoms with Gasteiger partial charge in [-0.25, -0.2) is 0 Å². The van der Waals surface area contributed by atoms with E-state index in [1.54, 1.807) is 6.07 Å². The Kier molecular flexibility index (Phi) is 4.59. The van der Waals surface area contributed by atoms with Crippen molar-refractivity contribution in [1.29, 1.82) is 0 Å². The standard InChI is InChI=1S/C16H15NO3/c1-2-13-10-12(4-3-8-18)5-6-15(13)17-16(19)14-7-9-20-11-14/h5-7,9-11,18H,2,8H2,1H3,(H,17,19). The Hall–Kier alpha value is -2.51. The number of aliphatic hydroxyl groups excluding tert-OH is 1. The molecule has 2 N–H and O–H groups in total. The van der Waals surface area contributed by atoms with E-state index in [1.165, 1.54) is 12.5 Å². The van der Waals surface area contributed by atoms with E-state index < -0.39 is 0 Å². The van der Waals surface area contributed by atoms with Crippen LogP contribution >= 0.6 is 0 Å². The molecule has 102 valence electrons. The lowest BCUT2D eigenvalue weighted by atomic mass is 10.1. The van der Waals surface area contributed by atoms with E-state index in [9.17, 15) is 4.79 Å². The van der Waals surface area contributed by atoms with E-state index in [4.69, 9.17) is 9.52 Å². The summed E-state index contributed by atoms with van der Waals surface area (Å²) in [6.07, 6.45) is 3.64. The fraction of sp³-hybridized carbons (Fsp3) is 0.188. The zero-order valence-electron chi connectivity index (χ0n) is 11.1. The second kappa shape index (κ2) is 6.60. The van der Waals surface area contributed by atoms with Gasteiger partial charge in [0.2, 0.25) is 0 Å². The zero-order valence-corrected chi connectivity index (χ0v) is 11.1. The SMILES string of the molecule is CCc1cc(C#CCO)ccc1NC(=O)c1ccoc1. The smallest absolute Gasteiger partial charge is 0.258 e. The zero-order chi connectivity index (χ0) is 14.4. The number of carbonyl (C=O) groups excluding carboxylic acids is 1. The first-order valence-electron chi connectivity index (χ1n) is 6.30. The predicted octanol–water partition coefficient (Wildman–Crippen LogP) is 2.44. The highest BCUT2D eigenvalue weighted by Crippen LogP contribution is 2.19. The van der Waals surface area contributed by atoms with E-state index in [-0.39, 0.29) is 12.5 Å². The number of benzene rings is 1. The Bertz CT molecular complexity index is 648. The first kappa shape index (κ1) is 13.9. The van der Waals surface area contributed by atoms with Crippen molar-refractivity contribution in [3.05, 3.63) is 53.5 Å². The lowest BCUT2D eigenvalue weighted by Gasteiger charge is -2.09. The maximum atomic E-state index is 12.0. The minimum absolute atomic E-state index is 0.166. The third-order valence-electron chi connectivity index (χ3n) is 2.83. The first-order valence-corrected chi connectivity index (χ1v) is 6.30. The molecule has 1 aromatic carbocycles. The van der Waals surface area contributed by atoms with Crippen molar-refractivity contribution in [3.63, 3.8) is 0 Å². The van der Waals surface area contributed by atoms with Crippen molar-refractivity contribution in [3.8, 4) is 11.8 Å². The van der Waals surface area contributed by atoms with Gasteiger partial charge in [-0.05, 0) is 36.2 Å². The molecule has 0 spiro atoms. The summed E-state index contributed by atoms with van der Waals surface area (Å²) < 4.78 is 4.89. The third kappa shape index (κ3) is 3.28. The van der Waals surface area contributed by atoms with Crippen molar-refractivity contribution in [2.45, 2.75) is 13.3 Å². The molecule has 0 bridgehead atoms. The first-order chi connectivity index (χ1) is 9.74. The molecule has 0 saturated carbocycles. The van der Waals surface area contributed by atoms with Gasteiger partial charge in [0.25, 0.3) is 5.91 Å². The number of amides is 1. The molecule has 0 unspecified atom stereocenters. The number of carbonyl (C=O) groups is 1. The molecule has 0 radical (unpaired) electrons. The molecule has 0 atom stereocenters. The van der Waals surface area contributed by atoms with E-state index in [0.29, 0.717) is 5.56 Å². The summed E-state index contributed by atoms with van der Waals surface area (Å²) in [5.41, 5.74) is 3.05. The molecule has 2 aromatic rings. The maximum Gasteiger partial charge on any atom is 0.258 e. The third-order valence-corrected chi connectivity index (χ3v) is 2.83. The van der Waals surface area contributed by atoms with E-state index in [2.05, 4.69) is 17.2 Å². The second-order valence-electron chi connectivity index (χ2n) is 4.15. The normalized spacial score (nSPS) is 9.70. The topological polar surface area (TPSA) is 62.5 Å². The molecule has 0 aliphatic heterocycles. The molecular formula is C16H15NO3. The minimum Gasteiger partial charge on any atom is -0.472 e. The molecule has 20 heavy (non-hydrogen) atoms. The monoisotopic (exact) mass is 269 g/mol. The average Bonchev–Trinajstić information content (AvgIpc) is 3.00. The Morgan fingerprint density at radius 1 is 1.40 bits per heavy atom. The highest BCUT2D eigenvalue weighted by Gasteiger charge is 2.09. The van der Waals surface area contributed by atoms with Crippen molar-refractivity contribution in [2.75, 3.05) is 11.9 Å². The van der Waals surface area contributed by atoms with Gasteiger partial charge in [-0.3, -0.25) is 4.79 Å². The van der Waals surface area contributed by atoms with Crippen LogP contribution in [0.15, 0.2) is 41.2 Å². The highest BCUT2D eigenvalue weighted by atomic mass is 16.3. The number of hydrogen-bond donors (Lipinski definition) is 2. The lowest BCUT2D eigenvalue weighted by molar-refractivity contribution is 0.102. The Balaban J connectivity index is 2.21. The number of rotatable bonds is 3. The van der Waals surface area contributed by atoms with E-state index >= 15 is 0 Å². The Morgan fingerprint density at radius 2 is 2.25 bits per heavy atom. The summed E-state index contributed by atoms with van der Waals surface area (Å²) in [5, 5.41) is 11.5. The molecule has 0 fully saturated rings. The van der Waals surface area contributed by atoms with Crippen molar-refractivity contribution in [2.24, 2.45) is 0 Å². The van der Waals surface area contributed by atoms with Gasteiger partial charge in [0, 0.05) is 11.3 Å². The van der Waals surface area contributed by atoms with Crippen LogP contribution in [-0.2, 0) is 6.42 Å². The van der Waals surface area contributed by atoms with Crippen LogP contribution in [0, 0.1) is 11.8 Å². The quantitative estimate of drug-likeness (QED) is 0.841. The number of hydrogen-bond acceptors (Lipinski definition) is 3. The summed E-state index contributed by atoms with van der Waals surface area (Å²) >= 11 is 0. The van der Waals surface area contributed by atoms with Gasteiger partial charge in [-0.2, -0.15) is 0 Å². The molecule has 1 aromatic heterocycles. The molecule has 1 amide bonds. The summed E-state index contributed by atoms with van der Waals surface area (Å²) in [6, 6.07) is 7.15. The van der Waals surface area contributed by atoms with Crippen LogP contribution in [0.2, 0.25) is 0 Å². The molecule has 0 aliphatic rings. The molecule has 4 heteroatoms. The molecule has 0 saturated heterocycles. The number of aliphatic hydroxyl groups is 1. The second-order valence-corrected chi connectivity index (χ2v) is 4.15. The van der Waals surface area contributed by atoms with Crippen molar-refractivity contribution < 1.29 is 14.3 Å². The van der Waals surface area contributed by atoms with Crippen LogP contribution < -0.4 is 5.32 Å². The van der Waals surface area contributed by atoms with Crippen LogP contribution in [0.3, 0.4) is 0 Å².